The molecule has 0 saturated carbocycles. The van der Waals surface area contributed by atoms with Crippen LogP contribution >= 0.6 is 11.6 Å². The Morgan fingerprint density at radius 2 is 2.04 bits per heavy atom. The van der Waals surface area contributed by atoms with E-state index in [0.29, 0.717) is 16.5 Å². The molecule has 0 aliphatic heterocycles. The van der Waals surface area contributed by atoms with Crippen molar-refractivity contribution in [2.45, 2.75) is 20.3 Å². The van der Waals surface area contributed by atoms with Crippen LogP contribution < -0.4 is 0 Å². The molecular weight excluding hydrogens is 349 g/mol. The molecule has 132 valence electrons. The van der Waals surface area contributed by atoms with Crippen molar-refractivity contribution in [3.63, 3.8) is 0 Å². The van der Waals surface area contributed by atoms with Gasteiger partial charge < -0.3 is 0 Å². The van der Waals surface area contributed by atoms with Crippen molar-refractivity contribution in [1.29, 1.82) is 0 Å². The van der Waals surface area contributed by atoms with Gasteiger partial charge in [0.05, 0.1) is 0 Å². The molecular formula is C21H19ClFN3. The van der Waals surface area contributed by atoms with Crippen molar-refractivity contribution in [2.75, 3.05) is 0 Å². The molecule has 5 heteroatoms. The highest BCUT2D eigenvalue weighted by atomic mass is 35.5. The number of hydrogen-bond donors (Lipinski definition) is 0. The van der Waals surface area contributed by atoms with Gasteiger partial charge in [0.15, 0.2) is 5.65 Å². The van der Waals surface area contributed by atoms with E-state index in [-0.39, 0.29) is 11.7 Å². The third-order valence-corrected chi connectivity index (χ3v) is 5.44. The van der Waals surface area contributed by atoms with E-state index in [4.69, 9.17) is 11.6 Å². The predicted octanol–water partition coefficient (Wildman–Crippen LogP) is 5.66. The normalized spacial score (nSPS) is 20.6. The fourth-order valence-corrected chi connectivity index (χ4v) is 3.73. The van der Waals surface area contributed by atoms with E-state index in [0.717, 1.165) is 28.8 Å². The number of hydrogen-bond acceptors (Lipinski definition) is 2. The lowest BCUT2D eigenvalue weighted by Crippen LogP contribution is -2.11. The first-order valence-corrected chi connectivity index (χ1v) is 9.08. The van der Waals surface area contributed by atoms with E-state index in [2.05, 4.69) is 36.1 Å². The SMILES string of the molecule is CC1CC=CC(c2ccn3ncnc3c2)=C(c2cc(Cl)ccc2F)C1C. The van der Waals surface area contributed by atoms with Gasteiger partial charge in [0.25, 0.3) is 0 Å². The average Bonchev–Trinajstić information content (AvgIpc) is 3.05. The van der Waals surface area contributed by atoms with E-state index in [1.807, 2.05) is 18.3 Å². The molecule has 1 aliphatic rings. The van der Waals surface area contributed by atoms with Crippen molar-refractivity contribution in [1.82, 2.24) is 14.6 Å². The van der Waals surface area contributed by atoms with Gasteiger partial charge in [-0.05, 0) is 65.3 Å². The Hall–Kier alpha value is -2.46. The number of nitrogens with zero attached hydrogens (tertiary/aromatic N) is 3. The molecule has 0 N–H and O–H groups in total. The molecule has 2 unspecified atom stereocenters. The van der Waals surface area contributed by atoms with Crippen LogP contribution in [0.4, 0.5) is 4.39 Å². The Morgan fingerprint density at radius 3 is 2.88 bits per heavy atom. The third-order valence-electron chi connectivity index (χ3n) is 5.20. The Bertz CT molecular complexity index is 1030. The molecule has 0 fully saturated rings. The summed E-state index contributed by atoms with van der Waals surface area (Å²) in [4.78, 5) is 4.27. The number of allylic oxidation sites excluding steroid dienone is 4. The van der Waals surface area contributed by atoms with Gasteiger partial charge in [0.2, 0.25) is 0 Å². The summed E-state index contributed by atoms with van der Waals surface area (Å²) in [6, 6.07) is 8.73. The van der Waals surface area contributed by atoms with Crippen LogP contribution in [0, 0.1) is 17.7 Å². The highest BCUT2D eigenvalue weighted by molar-refractivity contribution is 6.30. The van der Waals surface area contributed by atoms with E-state index in [1.54, 1.807) is 16.6 Å². The van der Waals surface area contributed by atoms with Crippen molar-refractivity contribution in [3.8, 4) is 0 Å². The molecule has 1 aliphatic carbocycles. The smallest absolute Gasteiger partial charge is 0.155 e. The maximum absolute atomic E-state index is 14.7. The minimum Gasteiger partial charge on any atom is -0.221 e. The van der Waals surface area contributed by atoms with Gasteiger partial charge in [0.1, 0.15) is 12.1 Å². The first kappa shape index (κ1) is 17.0. The van der Waals surface area contributed by atoms with Crippen LogP contribution in [0.2, 0.25) is 5.02 Å². The molecule has 0 amide bonds. The zero-order valence-corrected chi connectivity index (χ0v) is 15.4. The number of halogens is 2. The summed E-state index contributed by atoms with van der Waals surface area (Å²) in [5, 5.41) is 4.68. The third kappa shape index (κ3) is 2.95. The first-order valence-electron chi connectivity index (χ1n) is 8.70. The van der Waals surface area contributed by atoms with Crippen LogP contribution in [0.1, 0.15) is 31.4 Å². The van der Waals surface area contributed by atoms with Gasteiger partial charge in [-0.2, -0.15) is 5.10 Å². The van der Waals surface area contributed by atoms with Crippen LogP contribution in [0.5, 0.6) is 0 Å². The quantitative estimate of drug-likeness (QED) is 0.584. The number of pyridine rings is 1. The van der Waals surface area contributed by atoms with Crippen LogP contribution in [0.3, 0.4) is 0 Å². The first-order chi connectivity index (χ1) is 12.5. The fraction of sp³-hybridized carbons (Fsp3) is 0.238. The molecule has 3 aromatic rings. The minimum atomic E-state index is -0.250. The maximum atomic E-state index is 14.7. The van der Waals surface area contributed by atoms with Crippen LogP contribution in [-0.2, 0) is 0 Å². The van der Waals surface area contributed by atoms with Crippen molar-refractivity contribution >= 4 is 28.4 Å². The summed E-state index contributed by atoms with van der Waals surface area (Å²) in [6.45, 7) is 4.35. The maximum Gasteiger partial charge on any atom is 0.155 e. The molecule has 2 atom stereocenters. The summed E-state index contributed by atoms with van der Waals surface area (Å²) in [7, 11) is 0. The van der Waals surface area contributed by atoms with E-state index >= 15 is 0 Å². The number of benzene rings is 1. The lowest BCUT2D eigenvalue weighted by atomic mass is 9.81. The second-order valence-corrected chi connectivity index (χ2v) is 7.27. The summed E-state index contributed by atoms with van der Waals surface area (Å²) in [5.74, 6) is 0.329. The van der Waals surface area contributed by atoms with E-state index in [9.17, 15) is 4.39 Å². The fourth-order valence-electron chi connectivity index (χ4n) is 3.55. The molecule has 1 aromatic carbocycles. The Morgan fingerprint density at radius 1 is 1.19 bits per heavy atom. The van der Waals surface area contributed by atoms with Crippen LogP contribution in [-0.4, -0.2) is 14.6 Å². The Kier molecular flexibility index (Phi) is 4.37. The topological polar surface area (TPSA) is 30.2 Å². The number of fused-ring (bicyclic) bond motifs is 1. The lowest BCUT2D eigenvalue weighted by molar-refractivity contribution is 0.478. The van der Waals surface area contributed by atoms with Crippen LogP contribution in [0.15, 0.2) is 55.0 Å². The second kappa shape index (κ2) is 6.69. The molecule has 4 rings (SSSR count). The van der Waals surface area contributed by atoms with Crippen molar-refractivity contribution in [3.05, 3.63) is 77.0 Å². The second-order valence-electron chi connectivity index (χ2n) is 6.83. The van der Waals surface area contributed by atoms with Crippen molar-refractivity contribution in [2.24, 2.45) is 11.8 Å². The van der Waals surface area contributed by atoms with Gasteiger partial charge in [-0.15, -0.1) is 0 Å². The largest absolute Gasteiger partial charge is 0.221 e. The van der Waals surface area contributed by atoms with Gasteiger partial charge >= 0.3 is 0 Å². The van der Waals surface area contributed by atoms with Gasteiger partial charge in [0, 0.05) is 16.8 Å². The molecule has 2 aromatic heterocycles. The van der Waals surface area contributed by atoms with E-state index in [1.165, 1.54) is 12.4 Å². The zero-order chi connectivity index (χ0) is 18.3. The predicted molar refractivity (Wildman–Crippen MR) is 103 cm³/mol. The zero-order valence-electron chi connectivity index (χ0n) is 14.7. The molecule has 26 heavy (non-hydrogen) atoms. The van der Waals surface area contributed by atoms with Gasteiger partial charge in [-0.3, -0.25) is 0 Å². The Labute approximate surface area is 156 Å². The molecule has 0 saturated heterocycles. The standard InChI is InChI=1S/C21H19ClFN3/c1-13-4-3-5-17(15-8-9-26-20(10-15)24-12-25-26)21(14(13)2)18-11-16(22)6-7-19(18)23/h3,5-14H,4H2,1-2H3. The number of rotatable bonds is 2. The molecule has 0 bridgehead atoms. The van der Waals surface area contributed by atoms with Crippen LogP contribution in [0.25, 0.3) is 16.8 Å². The summed E-state index contributed by atoms with van der Waals surface area (Å²) < 4.78 is 16.5. The molecule has 3 nitrogen and oxygen atoms in total. The monoisotopic (exact) mass is 367 g/mol. The number of aromatic nitrogens is 3. The summed E-state index contributed by atoms with van der Waals surface area (Å²) >= 11 is 6.19. The van der Waals surface area contributed by atoms with E-state index < -0.39 is 0 Å². The summed E-state index contributed by atoms with van der Waals surface area (Å²) in [5.41, 5.74) is 4.32. The van der Waals surface area contributed by atoms with Gasteiger partial charge in [-0.25, -0.2) is 13.9 Å². The lowest BCUT2D eigenvalue weighted by Gasteiger charge is -2.24. The highest BCUT2D eigenvalue weighted by Crippen LogP contribution is 2.41. The van der Waals surface area contributed by atoms with Crippen molar-refractivity contribution < 1.29 is 4.39 Å². The Balaban J connectivity index is 2.00. The average molecular weight is 368 g/mol. The highest BCUT2D eigenvalue weighted by Gasteiger charge is 2.25. The minimum absolute atomic E-state index is 0.182. The summed E-state index contributed by atoms with van der Waals surface area (Å²) in [6.07, 6.45) is 8.61. The molecule has 0 radical (unpaired) electrons. The molecule has 2 heterocycles. The molecule has 0 spiro atoms. The van der Waals surface area contributed by atoms with Gasteiger partial charge in [-0.1, -0.05) is 37.6 Å².